The Labute approximate surface area is 158 Å². The lowest BCUT2D eigenvalue weighted by atomic mass is 9.90. The smallest absolute Gasteiger partial charge is 0.250 e. The van der Waals surface area contributed by atoms with E-state index in [1.165, 1.54) is 6.08 Å². The van der Waals surface area contributed by atoms with Crippen LogP contribution in [-0.4, -0.2) is 62.6 Å². The Morgan fingerprint density at radius 3 is 2.67 bits per heavy atom. The third kappa shape index (κ3) is 3.00. The van der Waals surface area contributed by atoms with E-state index in [0.29, 0.717) is 30.5 Å². The Morgan fingerprint density at radius 1 is 1.30 bits per heavy atom. The Hall–Kier alpha value is -2.71. The standard InChI is InChI=1S/C18H25N7O2/c1-4-16(26)25-13-5-6-14(25)8-12(7-13)9-19-17(27)15-10-24-18(20-21-22-24)23(3)11(15)2/h4,12-14H,1,5-10H2,2-3H3,(H,19,27)/t12?,13-,14+. The van der Waals surface area contributed by atoms with Crippen LogP contribution in [0.25, 0.3) is 0 Å². The number of hydrogen-bond donors (Lipinski definition) is 1. The molecule has 3 atom stereocenters. The third-order valence-electron chi connectivity index (χ3n) is 6.15. The number of hydrogen-bond acceptors (Lipinski definition) is 6. The number of allylic oxidation sites excluding steroid dienone is 1. The molecule has 0 spiro atoms. The fourth-order valence-electron chi connectivity index (χ4n) is 4.66. The number of anilines is 1. The Morgan fingerprint density at radius 2 is 2.00 bits per heavy atom. The average molecular weight is 371 g/mol. The molecule has 27 heavy (non-hydrogen) atoms. The number of carbonyl (C=O) groups is 2. The molecule has 0 radical (unpaired) electrons. The van der Waals surface area contributed by atoms with Gasteiger partial charge < -0.3 is 15.1 Å². The molecule has 2 amide bonds. The summed E-state index contributed by atoms with van der Waals surface area (Å²) >= 11 is 0. The molecule has 1 N–H and O–H groups in total. The minimum atomic E-state index is -0.0718. The van der Waals surface area contributed by atoms with E-state index in [1.54, 1.807) is 4.68 Å². The predicted octanol–water partition coefficient (Wildman–Crippen LogP) is 0.469. The van der Waals surface area contributed by atoms with Crippen LogP contribution in [0.15, 0.2) is 23.9 Å². The quantitative estimate of drug-likeness (QED) is 0.773. The second-order valence-corrected chi connectivity index (χ2v) is 7.64. The molecular weight excluding hydrogens is 346 g/mol. The highest BCUT2D eigenvalue weighted by molar-refractivity contribution is 5.95. The number of nitrogens with zero attached hydrogens (tertiary/aromatic N) is 6. The molecule has 2 saturated heterocycles. The molecule has 1 unspecified atom stereocenters. The fourth-order valence-corrected chi connectivity index (χ4v) is 4.66. The highest BCUT2D eigenvalue weighted by Crippen LogP contribution is 2.38. The lowest BCUT2D eigenvalue weighted by Crippen LogP contribution is -2.48. The number of fused-ring (bicyclic) bond motifs is 3. The summed E-state index contributed by atoms with van der Waals surface area (Å²) in [5, 5.41) is 14.7. The normalized spacial score (nSPS) is 26.8. The molecule has 1 aromatic rings. The molecule has 0 aliphatic carbocycles. The number of amides is 2. The van der Waals surface area contributed by atoms with E-state index in [4.69, 9.17) is 0 Å². The number of piperidine rings is 1. The molecular formula is C18H25N7O2. The monoisotopic (exact) mass is 371 g/mol. The van der Waals surface area contributed by atoms with Gasteiger partial charge in [0.2, 0.25) is 11.9 Å². The zero-order chi connectivity index (χ0) is 19.1. The number of rotatable bonds is 4. The first kappa shape index (κ1) is 17.7. The van der Waals surface area contributed by atoms with Crippen LogP contribution in [0.1, 0.15) is 32.6 Å². The van der Waals surface area contributed by atoms with Crippen molar-refractivity contribution in [3.63, 3.8) is 0 Å². The lowest BCUT2D eigenvalue weighted by molar-refractivity contribution is -0.131. The third-order valence-corrected chi connectivity index (χ3v) is 6.15. The van der Waals surface area contributed by atoms with Crippen molar-refractivity contribution in [2.45, 2.75) is 51.2 Å². The molecule has 0 saturated carbocycles. The van der Waals surface area contributed by atoms with E-state index in [0.717, 1.165) is 31.4 Å². The molecule has 9 heteroatoms. The Bertz CT molecular complexity index is 800. The second-order valence-electron chi connectivity index (χ2n) is 7.64. The molecule has 4 heterocycles. The maximum absolute atomic E-state index is 12.8. The SMILES string of the molecule is C=CC(=O)N1[C@@H]2CC[C@H]1CC(CNC(=O)C1=C(C)N(C)c3nnnn3C1)C2. The van der Waals surface area contributed by atoms with E-state index < -0.39 is 0 Å². The van der Waals surface area contributed by atoms with Gasteiger partial charge in [0.25, 0.3) is 5.91 Å². The maximum Gasteiger partial charge on any atom is 0.250 e. The first-order valence-electron chi connectivity index (χ1n) is 9.42. The molecule has 2 bridgehead atoms. The van der Waals surface area contributed by atoms with Crippen molar-refractivity contribution >= 4 is 17.8 Å². The summed E-state index contributed by atoms with van der Waals surface area (Å²) in [6, 6.07) is 0.559. The summed E-state index contributed by atoms with van der Waals surface area (Å²) in [5.41, 5.74) is 1.54. The molecule has 3 aliphatic heterocycles. The summed E-state index contributed by atoms with van der Waals surface area (Å²) in [5.74, 6) is 0.997. The van der Waals surface area contributed by atoms with Crippen LogP contribution < -0.4 is 10.2 Å². The average Bonchev–Trinajstić information content (AvgIpc) is 3.24. The van der Waals surface area contributed by atoms with E-state index in [1.807, 2.05) is 23.8 Å². The first-order chi connectivity index (χ1) is 13.0. The number of aromatic nitrogens is 4. The van der Waals surface area contributed by atoms with Gasteiger partial charge in [-0.3, -0.25) is 9.59 Å². The topological polar surface area (TPSA) is 96.2 Å². The van der Waals surface area contributed by atoms with Crippen molar-refractivity contribution in [2.75, 3.05) is 18.5 Å². The van der Waals surface area contributed by atoms with Gasteiger partial charge >= 0.3 is 0 Å². The fraction of sp³-hybridized carbons (Fsp3) is 0.611. The molecule has 0 aromatic carbocycles. The molecule has 4 rings (SSSR count). The predicted molar refractivity (Wildman–Crippen MR) is 98.5 cm³/mol. The van der Waals surface area contributed by atoms with Crippen molar-refractivity contribution in [2.24, 2.45) is 5.92 Å². The van der Waals surface area contributed by atoms with Gasteiger partial charge in [-0.15, -0.1) is 0 Å². The van der Waals surface area contributed by atoms with Gasteiger partial charge in [0.15, 0.2) is 0 Å². The Balaban J connectivity index is 1.37. The maximum atomic E-state index is 12.8. The summed E-state index contributed by atoms with van der Waals surface area (Å²) in [7, 11) is 1.86. The molecule has 9 nitrogen and oxygen atoms in total. The van der Waals surface area contributed by atoms with E-state index in [2.05, 4.69) is 27.4 Å². The van der Waals surface area contributed by atoms with E-state index in [-0.39, 0.29) is 23.9 Å². The molecule has 3 aliphatic rings. The summed E-state index contributed by atoms with van der Waals surface area (Å²) in [6.45, 7) is 6.53. The van der Waals surface area contributed by atoms with Crippen molar-refractivity contribution in [1.82, 2.24) is 30.4 Å². The van der Waals surface area contributed by atoms with Gasteiger partial charge in [0, 0.05) is 31.4 Å². The van der Waals surface area contributed by atoms with Crippen LogP contribution in [0, 0.1) is 5.92 Å². The van der Waals surface area contributed by atoms with Gasteiger partial charge in [0.1, 0.15) is 0 Å². The second kappa shape index (κ2) is 6.79. The highest BCUT2D eigenvalue weighted by Gasteiger charge is 2.42. The molecule has 1 aromatic heterocycles. The van der Waals surface area contributed by atoms with Crippen LogP contribution in [0.4, 0.5) is 5.95 Å². The molecule has 144 valence electrons. The first-order valence-corrected chi connectivity index (χ1v) is 9.42. The minimum Gasteiger partial charge on any atom is -0.352 e. The number of tetrazole rings is 1. The van der Waals surface area contributed by atoms with Gasteiger partial charge in [-0.2, -0.15) is 0 Å². The van der Waals surface area contributed by atoms with Crippen LogP contribution in [-0.2, 0) is 16.1 Å². The summed E-state index contributed by atoms with van der Waals surface area (Å²) < 4.78 is 1.63. The van der Waals surface area contributed by atoms with Crippen LogP contribution in [0.2, 0.25) is 0 Å². The summed E-state index contributed by atoms with van der Waals surface area (Å²) in [4.78, 5) is 28.7. The largest absolute Gasteiger partial charge is 0.352 e. The van der Waals surface area contributed by atoms with E-state index >= 15 is 0 Å². The van der Waals surface area contributed by atoms with Crippen molar-refractivity contribution in [3.05, 3.63) is 23.9 Å². The van der Waals surface area contributed by atoms with Crippen LogP contribution >= 0.6 is 0 Å². The van der Waals surface area contributed by atoms with Crippen molar-refractivity contribution in [1.29, 1.82) is 0 Å². The van der Waals surface area contributed by atoms with Crippen LogP contribution in [0.3, 0.4) is 0 Å². The zero-order valence-electron chi connectivity index (χ0n) is 15.8. The van der Waals surface area contributed by atoms with Gasteiger partial charge in [0.05, 0.1) is 12.1 Å². The Kier molecular flexibility index (Phi) is 4.45. The van der Waals surface area contributed by atoms with Gasteiger partial charge in [-0.1, -0.05) is 11.7 Å². The highest BCUT2D eigenvalue weighted by atomic mass is 16.2. The van der Waals surface area contributed by atoms with Crippen molar-refractivity contribution in [3.8, 4) is 0 Å². The molecule has 2 fully saturated rings. The summed E-state index contributed by atoms with van der Waals surface area (Å²) in [6.07, 6.45) is 5.38. The van der Waals surface area contributed by atoms with Gasteiger partial charge in [-0.05, 0) is 55.0 Å². The van der Waals surface area contributed by atoms with E-state index in [9.17, 15) is 9.59 Å². The van der Waals surface area contributed by atoms with Crippen molar-refractivity contribution < 1.29 is 9.59 Å². The van der Waals surface area contributed by atoms with Gasteiger partial charge in [-0.25, -0.2) is 4.68 Å². The minimum absolute atomic E-state index is 0.0354. The number of carbonyl (C=O) groups excluding carboxylic acids is 2. The zero-order valence-corrected chi connectivity index (χ0v) is 15.8. The van der Waals surface area contributed by atoms with Crippen LogP contribution in [0.5, 0.6) is 0 Å². The lowest BCUT2D eigenvalue weighted by Gasteiger charge is -2.38. The number of nitrogens with one attached hydrogen (secondary N) is 1.